The monoisotopic (exact) mass is 406 g/mol. The smallest absolute Gasteiger partial charge is 0.171 e. The highest BCUT2D eigenvalue weighted by Crippen LogP contribution is 2.23. The molecule has 158 valence electrons. The number of anilines is 2. The van der Waals surface area contributed by atoms with Gasteiger partial charge in [0.1, 0.15) is 0 Å². The van der Waals surface area contributed by atoms with Crippen LogP contribution < -0.4 is 9.80 Å². The summed E-state index contributed by atoms with van der Waals surface area (Å²) in [5.41, 5.74) is 2.19. The SMILES string of the molecule is CN(CC(O)Cc1ccccc1)c1nccnc1N(C)CC(O)Cc1ccccc1. The fourth-order valence-corrected chi connectivity index (χ4v) is 3.57. The molecule has 1 heterocycles. The Morgan fingerprint density at radius 2 is 1.03 bits per heavy atom. The van der Waals surface area contributed by atoms with Crippen molar-refractivity contribution in [1.82, 2.24) is 9.97 Å². The first kappa shape index (κ1) is 21.7. The Kier molecular flexibility index (Phi) is 7.76. The van der Waals surface area contributed by atoms with E-state index in [2.05, 4.69) is 9.97 Å². The lowest BCUT2D eigenvalue weighted by Crippen LogP contribution is -2.35. The number of rotatable bonds is 10. The van der Waals surface area contributed by atoms with Crippen molar-refractivity contribution in [3.8, 4) is 0 Å². The number of aliphatic hydroxyl groups excluding tert-OH is 2. The van der Waals surface area contributed by atoms with Gasteiger partial charge in [0.2, 0.25) is 0 Å². The number of aromatic nitrogens is 2. The maximum Gasteiger partial charge on any atom is 0.171 e. The molecule has 0 saturated carbocycles. The van der Waals surface area contributed by atoms with E-state index in [4.69, 9.17) is 0 Å². The van der Waals surface area contributed by atoms with Crippen molar-refractivity contribution in [1.29, 1.82) is 0 Å². The minimum absolute atomic E-state index is 0.432. The van der Waals surface area contributed by atoms with Gasteiger partial charge in [-0.1, -0.05) is 60.7 Å². The van der Waals surface area contributed by atoms with Crippen molar-refractivity contribution >= 4 is 11.6 Å². The molecule has 0 saturated heterocycles. The third-order valence-corrected chi connectivity index (χ3v) is 4.98. The Balaban J connectivity index is 1.62. The van der Waals surface area contributed by atoms with E-state index in [0.29, 0.717) is 37.6 Å². The van der Waals surface area contributed by atoms with E-state index in [1.807, 2.05) is 84.6 Å². The normalized spacial score (nSPS) is 12.9. The number of hydrogen-bond acceptors (Lipinski definition) is 6. The molecule has 2 aromatic carbocycles. The quantitative estimate of drug-likeness (QED) is 0.539. The Bertz CT molecular complexity index is 817. The van der Waals surface area contributed by atoms with E-state index < -0.39 is 12.2 Å². The molecule has 0 aliphatic heterocycles. The first-order valence-corrected chi connectivity index (χ1v) is 10.2. The van der Waals surface area contributed by atoms with E-state index >= 15 is 0 Å². The summed E-state index contributed by atoms with van der Waals surface area (Å²) in [7, 11) is 3.80. The maximum atomic E-state index is 10.5. The molecule has 1 aromatic heterocycles. The fraction of sp³-hybridized carbons (Fsp3) is 0.333. The summed E-state index contributed by atoms with van der Waals surface area (Å²) in [6, 6.07) is 19.9. The van der Waals surface area contributed by atoms with Gasteiger partial charge >= 0.3 is 0 Å². The van der Waals surface area contributed by atoms with Gasteiger partial charge in [0.05, 0.1) is 12.2 Å². The second-order valence-electron chi connectivity index (χ2n) is 7.65. The first-order chi connectivity index (χ1) is 14.5. The number of benzene rings is 2. The molecule has 0 aliphatic carbocycles. The molecule has 0 radical (unpaired) electrons. The Morgan fingerprint density at radius 3 is 1.40 bits per heavy atom. The van der Waals surface area contributed by atoms with E-state index in [0.717, 1.165) is 11.1 Å². The average Bonchev–Trinajstić information content (AvgIpc) is 2.75. The highest BCUT2D eigenvalue weighted by molar-refractivity contribution is 5.61. The standard InChI is InChI=1S/C24H30N4O2/c1-27(17-21(29)15-19-9-5-3-6-10-19)23-24(26-14-13-25-23)28(2)18-22(30)16-20-11-7-4-8-12-20/h3-14,21-22,29-30H,15-18H2,1-2H3. The van der Waals surface area contributed by atoms with Gasteiger partial charge in [0.15, 0.2) is 11.6 Å². The van der Waals surface area contributed by atoms with E-state index in [1.54, 1.807) is 12.4 Å². The van der Waals surface area contributed by atoms with Crippen molar-refractivity contribution in [2.24, 2.45) is 0 Å². The largest absolute Gasteiger partial charge is 0.391 e. The number of hydrogen-bond donors (Lipinski definition) is 2. The second-order valence-corrected chi connectivity index (χ2v) is 7.65. The van der Waals surface area contributed by atoms with Crippen LogP contribution in [0.15, 0.2) is 73.1 Å². The molecule has 3 rings (SSSR count). The van der Waals surface area contributed by atoms with Crippen LogP contribution in [-0.4, -0.2) is 59.6 Å². The van der Waals surface area contributed by atoms with Gasteiger partial charge in [-0.15, -0.1) is 0 Å². The van der Waals surface area contributed by atoms with E-state index in [-0.39, 0.29) is 0 Å². The van der Waals surface area contributed by atoms with Gasteiger partial charge in [-0.05, 0) is 11.1 Å². The lowest BCUT2D eigenvalue weighted by Gasteiger charge is -2.28. The van der Waals surface area contributed by atoms with Gasteiger partial charge < -0.3 is 20.0 Å². The van der Waals surface area contributed by atoms with Crippen molar-refractivity contribution in [2.45, 2.75) is 25.0 Å². The molecular formula is C24H30N4O2. The summed E-state index contributed by atoms with van der Waals surface area (Å²) in [5.74, 6) is 1.36. The molecule has 30 heavy (non-hydrogen) atoms. The summed E-state index contributed by atoms with van der Waals surface area (Å²) in [5, 5.41) is 21.1. The Hall–Kier alpha value is -2.96. The van der Waals surface area contributed by atoms with E-state index in [9.17, 15) is 10.2 Å². The summed E-state index contributed by atoms with van der Waals surface area (Å²) < 4.78 is 0. The van der Waals surface area contributed by atoms with Gasteiger partial charge in [0, 0.05) is 52.4 Å². The second kappa shape index (κ2) is 10.7. The van der Waals surface area contributed by atoms with Crippen molar-refractivity contribution in [3.63, 3.8) is 0 Å². The zero-order chi connectivity index (χ0) is 21.3. The molecule has 2 atom stereocenters. The van der Waals surface area contributed by atoms with Crippen LogP contribution in [0.4, 0.5) is 11.6 Å². The molecule has 6 heteroatoms. The number of likely N-dealkylation sites (N-methyl/N-ethyl adjacent to an activating group) is 2. The van der Waals surface area contributed by atoms with Gasteiger partial charge in [0.25, 0.3) is 0 Å². The van der Waals surface area contributed by atoms with Crippen LogP contribution in [0, 0.1) is 0 Å². The molecule has 3 aromatic rings. The molecule has 2 unspecified atom stereocenters. The van der Waals surface area contributed by atoms with Gasteiger partial charge in [-0.2, -0.15) is 0 Å². The Morgan fingerprint density at radius 1 is 0.667 bits per heavy atom. The highest BCUT2D eigenvalue weighted by atomic mass is 16.3. The minimum Gasteiger partial charge on any atom is -0.391 e. The minimum atomic E-state index is -0.527. The summed E-state index contributed by atoms with van der Waals surface area (Å²) in [6.07, 6.45) is 3.39. The zero-order valence-electron chi connectivity index (χ0n) is 17.6. The van der Waals surface area contributed by atoms with Gasteiger partial charge in [-0.3, -0.25) is 0 Å². The van der Waals surface area contributed by atoms with Gasteiger partial charge in [-0.25, -0.2) is 9.97 Å². The first-order valence-electron chi connectivity index (χ1n) is 10.2. The number of aliphatic hydroxyl groups is 2. The van der Waals surface area contributed by atoms with E-state index in [1.165, 1.54) is 0 Å². The Labute approximate surface area is 178 Å². The fourth-order valence-electron chi connectivity index (χ4n) is 3.57. The van der Waals surface area contributed by atoms with Crippen LogP contribution in [-0.2, 0) is 12.8 Å². The molecule has 2 N–H and O–H groups in total. The van der Waals surface area contributed by atoms with Crippen molar-refractivity contribution < 1.29 is 10.2 Å². The molecule has 0 bridgehead atoms. The summed E-state index contributed by atoms with van der Waals surface area (Å²) in [4.78, 5) is 12.8. The molecule has 0 fully saturated rings. The molecule has 6 nitrogen and oxygen atoms in total. The molecule has 0 amide bonds. The van der Waals surface area contributed by atoms with Crippen LogP contribution in [0.5, 0.6) is 0 Å². The molecule has 0 spiro atoms. The average molecular weight is 407 g/mol. The lowest BCUT2D eigenvalue weighted by atomic mass is 10.1. The lowest BCUT2D eigenvalue weighted by molar-refractivity contribution is 0.180. The van der Waals surface area contributed by atoms with Crippen LogP contribution in [0.2, 0.25) is 0 Å². The third-order valence-electron chi connectivity index (χ3n) is 4.98. The summed E-state index contributed by atoms with van der Waals surface area (Å²) in [6.45, 7) is 0.863. The molecule has 0 aliphatic rings. The van der Waals surface area contributed by atoms with Crippen LogP contribution in [0.1, 0.15) is 11.1 Å². The third kappa shape index (κ3) is 6.27. The zero-order valence-corrected chi connectivity index (χ0v) is 17.6. The predicted octanol–water partition coefficient (Wildman–Crippen LogP) is 2.56. The topological polar surface area (TPSA) is 72.7 Å². The highest BCUT2D eigenvalue weighted by Gasteiger charge is 2.19. The van der Waals surface area contributed by atoms with Crippen LogP contribution in [0.25, 0.3) is 0 Å². The number of nitrogens with zero attached hydrogens (tertiary/aromatic N) is 4. The van der Waals surface area contributed by atoms with Crippen molar-refractivity contribution in [2.75, 3.05) is 37.0 Å². The van der Waals surface area contributed by atoms with Crippen LogP contribution >= 0.6 is 0 Å². The maximum absolute atomic E-state index is 10.5. The van der Waals surface area contributed by atoms with Crippen molar-refractivity contribution in [3.05, 3.63) is 84.2 Å². The predicted molar refractivity (Wildman–Crippen MR) is 121 cm³/mol. The van der Waals surface area contributed by atoms with Crippen LogP contribution in [0.3, 0.4) is 0 Å². The summed E-state index contributed by atoms with van der Waals surface area (Å²) >= 11 is 0. The molecular weight excluding hydrogens is 376 g/mol.